The van der Waals surface area contributed by atoms with E-state index in [1.54, 1.807) is 24.3 Å². The molecule has 2 rings (SSSR count). The molecule has 5 heteroatoms. The van der Waals surface area contributed by atoms with Crippen LogP contribution >= 0.6 is 11.6 Å². The van der Waals surface area contributed by atoms with E-state index in [0.717, 1.165) is 0 Å². The maximum atomic E-state index is 11.1. The third kappa shape index (κ3) is 2.20. The molecule has 0 fully saturated rings. The number of aliphatic hydroxyl groups is 1. The van der Waals surface area contributed by atoms with Crippen LogP contribution in [0.1, 0.15) is 15.9 Å². The molecule has 0 aliphatic heterocycles. The van der Waals surface area contributed by atoms with Crippen molar-refractivity contribution in [2.75, 3.05) is 0 Å². The van der Waals surface area contributed by atoms with E-state index < -0.39 is 5.97 Å². The zero-order valence-corrected chi connectivity index (χ0v) is 10.1. The summed E-state index contributed by atoms with van der Waals surface area (Å²) >= 11 is 5.98. The quantitative estimate of drug-likeness (QED) is 0.893. The van der Waals surface area contributed by atoms with Crippen LogP contribution in [0.4, 0.5) is 0 Å². The van der Waals surface area contributed by atoms with Crippen LogP contribution in [0.5, 0.6) is 0 Å². The van der Waals surface area contributed by atoms with Gasteiger partial charge < -0.3 is 10.2 Å². The van der Waals surface area contributed by atoms with Crippen molar-refractivity contribution in [3.05, 3.63) is 52.7 Å². The standard InChI is InChI=1S/C13H10ClNO3/c14-11-5-1-3-8(10(11)7-16)12-9(13(17)18)4-2-6-15-12/h1-6,16H,7H2,(H,17,18). The zero-order valence-electron chi connectivity index (χ0n) is 9.30. The molecule has 4 nitrogen and oxygen atoms in total. The molecule has 18 heavy (non-hydrogen) atoms. The summed E-state index contributed by atoms with van der Waals surface area (Å²) in [6, 6.07) is 8.03. The Balaban J connectivity index is 2.70. The Morgan fingerprint density at radius 3 is 2.72 bits per heavy atom. The molecule has 0 bridgehead atoms. The van der Waals surface area contributed by atoms with Crippen molar-refractivity contribution < 1.29 is 15.0 Å². The van der Waals surface area contributed by atoms with Gasteiger partial charge in [-0.3, -0.25) is 4.98 Å². The van der Waals surface area contributed by atoms with Crippen LogP contribution in [0.15, 0.2) is 36.5 Å². The van der Waals surface area contributed by atoms with Crippen molar-refractivity contribution in [3.8, 4) is 11.3 Å². The Bertz CT molecular complexity index is 599. The van der Waals surface area contributed by atoms with E-state index in [0.29, 0.717) is 21.8 Å². The SMILES string of the molecule is O=C(O)c1cccnc1-c1cccc(Cl)c1CO. The summed E-state index contributed by atoms with van der Waals surface area (Å²) in [5.74, 6) is -1.07. The highest BCUT2D eigenvalue weighted by molar-refractivity contribution is 6.31. The number of nitrogens with zero attached hydrogens (tertiary/aromatic N) is 1. The number of aromatic nitrogens is 1. The first kappa shape index (κ1) is 12.5. The molecule has 0 unspecified atom stereocenters. The summed E-state index contributed by atoms with van der Waals surface area (Å²) in [6.45, 7) is -0.273. The summed E-state index contributed by atoms with van der Waals surface area (Å²) < 4.78 is 0. The number of pyridine rings is 1. The largest absolute Gasteiger partial charge is 0.478 e. The first-order chi connectivity index (χ1) is 8.65. The van der Waals surface area contributed by atoms with E-state index in [2.05, 4.69) is 4.98 Å². The van der Waals surface area contributed by atoms with Gasteiger partial charge in [-0.25, -0.2) is 4.79 Å². The van der Waals surface area contributed by atoms with Crippen molar-refractivity contribution in [2.45, 2.75) is 6.61 Å². The van der Waals surface area contributed by atoms with Crippen molar-refractivity contribution in [2.24, 2.45) is 0 Å². The van der Waals surface area contributed by atoms with Crippen LogP contribution in [0.2, 0.25) is 5.02 Å². The normalized spacial score (nSPS) is 10.3. The molecule has 92 valence electrons. The van der Waals surface area contributed by atoms with Gasteiger partial charge in [-0.15, -0.1) is 0 Å². The molecular weight excluding hydrogens is 254 g/mol. The lowest BCUT2D eigenvalue weighted by molar-refractivity contribution is 0.0697. The molecule has 0 spiro atoms. The van der Waals surface area contributed by atoms with Crippen molar-refractivity contribution in [3.63, 3.8) is 0 Å². The lowest BCUT2D eigenvalue weighted by Crippen LogP contribution is -2.03. The van der Waals surface area contributed by atoms with Gasteiger partial charge >= 0.3 is 5.97 Å². The van der Waals surface area contributed by atoms with E-state index in [-0.39, 0.29) is 12.2 Å². The summed E-state index contributed by atoms with van der Waals surface area (Å²) in [7, 11) is 0. The summed E-state index contributed by atoms with van der Waals surface area (Å²) in [5, 5.41) is 18.8. The number of carboxylic acid groups (broad SMARTS) is 1. The number of hydrogen-bond acceptors (Lipinski definition) is 3. The molecular formula is C13H10ClNO3. The van der Waals surface area contributed by atoms with E-state index in [9.17, 15) is 9.90 Å². The van der Waals surface area contributed by atoms with Gasteiger partial charge in [0, 0.05) is 22.3 Å². The number of halogens is 1. The van der Waals surface area contributed by atoms with Gasteiger partial charge in [-0.05, 0) is 18.2 Å². The Labute approximate surface area is 108 Å². The minimum absolute atomic E-state index is 0.0782. The second-order valence-electron chi connectivity index (χ2n) is 3.63. The fourth-order valence-corrected chi connectivity index (χ4v) is 1.97. The average Bonchev–Trinajstić information content (AvgIpc) is 2.38. The Morgan fingerprint density at radius 1 is 1.28 bits per heavy atom. The highest BCUT2D eigenvalue weighted by atomic mass is 35.5. The molecule has 0 aliphatic rings. The zero-order chi connectivity index (χ0) is 13.1. The lowest BCUT2D eigenvalue weighted by atomic mass is 10.0. The minimum Gasteiger partial charge on any atom is -0.478 e. The molecule has 2 N–H and O–H groups in total. The predicted molar refractivity (Wildman–Crippen MR) is 67.6 cm³/mol. The average molecular weight is 264 g/mol. The molecule has 0 amide bonds. The molecule has 1 aromatic carbocycles. The lowest BCUT2D eigenvalue weighted by Gasteiger charge is -2.10. The van der Waals surface area contributed by atoms with Crippen LogP contribution in [-0.2, 0) is 6.61 Å². The van der Waals surface area contributed by atoms with E-state index in [4.69, 9.17) is 16.7 Å². The molecule has 0 saturated carbocycles. The number of aromatic carboxylic acids is 1. The van der Waals surface area contributed by atoms with Crippen molar-refractivity contribution >= 4 is 17.6 Å². The number of carboxylic acids is 1. The monoisotopic (exact) mass is 263 g/mol. The summed E-state index contributed by atoms with van der Waals surface area (Å²) in [6.07, 6.45) is 1.50. The fraction of sp³-hybridized carbons (Fsp3) is 0.0769. The molecule has 2 aromatic rings. The van der Waals surface area contributed by atoms with Gasteiger partial charge in [0.2, 0.25) is 0 Å². The van der Waals surface area contributed by atoms with Crippen LogP contribution < -0.4 is 0 Å². The summed E-state index contributed by atoms with van der Waals surface area (Å²) in [5.41, 5.74) is 1.38. The molecule has 0 aliphatic carbocycles. The Morgan fingerprint density at radius 2 is 2.06 bits per heavy atom. The van der Waals surface area contributed by atoms with Crippen LogP contribution in [0, 0.1) is 0 Å². The number of hydrogen-bond donors (Lipinski definition) is 2. The van der Waals surface area contributed by atoms with Gasteiger partial charge in [-0.2, -0.15) is 0 Å². The topological polar surface area (TPSA) is 70.4 Å². The molecule has 0 saturated heterocycles. The first-order valence-electron chi connectivity index (χ1n) is 5.22. The van der Waals surface area contributed by atoms with Gasteiger partial charge in [0.15, 0.2) is 0 Å². The molecule has 1 aromatic heterocycles. The van der Waals surface area contributed by atoms with Gasteiger partial charge in [0.05, 0.1) is 17.9 Å². The molecule has 1 heterocycles. The summed E-state index contributed by atoms with van der Waals surface area (Å²) in [4.78, 5) is 15.2. The number of rotatable bonds is 3. The maximum absolute atomic E-state index is 11.1. The van der Waals surface area contributed by atoms with E-state index in [1.165, 1.54) is 12.3 Å². The Hall–Kier alpha value is -1.91. The third-order valence-corrected chi connectivity index (χ3v) is 2.92. The minimum atomic E-state index is -1.07. The smallest absolute Gasteiger partial charge is 0.337 e. The second-order valence-corrected chi connectivity index (χ2v) is 4.04. The number of carbonyl (C=O) groups is 1. The second kappa shape index (κ2) is 5.16. The van der Waals surface area contributed by atoms with Crippen LogP contribution in [-0.4, -0.2) is 21.2 Å². The Kier molecular flexibility index (Phi) is 3.60. The maximum Gasteiger partial charge on any atom is 0.337 e. The van der Waals surface area contributed by atoms with Crippen LogP contribution in [0.25, 0.3) is 11.3 Å². The highest BCUT2D eigenvalue weighted by Crippen LogP contribution is 2.29. The number of benzene rings is 1. The highest BCUT2D eigenvalue weighted by Gasteiger charge is 2.16. The molecule has 0 radical (unpaired) electrons. The van der Waals surface area contributed by atoms with E-state index in [1.807, 2.05) is 0 Å². The van der Waals surface area contributed by atoms with Gasteiger partial charge in [0.1, 0.15) is 0 Å². The van der Waals surface area contributed by atoms with E-state index >= 15 is 0 Å². The first-order valence-corrected chi connectivity index (χ1v) is 5.60. The van der Waals surface area contributed by atoms with Gasteiger partial charge in [0.25, 0.3) is 0 Å². The van der Waals surface area contributed by atoms with Crippen molar-refractivity contribution in [1.82, 2.24) is 4.98 Å². The van der Waals surface area contributed by atoms with Gasteiger partial charge in [-0.1, -0.05) is 23.7 Å². The predicted octanol–water partition coefficient (Wildman–Crippen LogP) is 2.59. The fourth-order valence-electron chi connectivity index (χ4n) is 1.73. The number of aliphatic hydroxyl groups excluding tert-OH is 1. The molecule has 0 atom stereocenters. The van der Waals surface area contributed by atoms with Crippen molar-refractivity contribution in [1.29, 1.82) is 0 Å². The third-order valence-electron chi connectivity index (χ3n) is 2.57. The van der Waals surface area contributed by atoms with Crippen LogP contribution in [0.3, 0.4) is 0 Å².